The first kappa shape index (κ1) is 30.0. The summed E-state index contributed by atoms with van der Waals surface area (Å²) in [5, 5.41) is 0. The predicted octanol–water partition coefficient (Wildman–Crippen LogP) is 10.1. The van der Waals surface area contributed by atoms with Gasteiger partial charge in [0.05, 0.1) is 5.92 Å². The number of thiazole rings is 1. The van der Waals surface area contributed by atoms with Crippen molar-refractivity contribution in [3.8, 4) is 5.75 Å². The van der Waals surface area contributed by atoms with Crippen LogP contribution in [0.4, 0.5) is 0 Å². The third-order valence-electron chi connectivity index (χ3n) is 7.90. The molecule has 0 saturated carbocycles. The first-order valence-corrected chi connectivity index (χ1v) is 16.3. The summed E-state index contributed by atoms with van der Waals surface area (Å²) in [5.74, 6) is 0.717. The fourth-order valence-corrected chi connectivity index (χ4v) is 6.66. The highest BCUT2D eigenvalue weighted by molar-refractivity contribution is 7.17. The van der Waals surface area contributed by atoms with Crippen LogP contribution in [-0.4, -0.2) is 15.4 Å². The van der Waals surface area contributed by atoms with Crippen molar-refractivity contribution in [3.63, 3.8) is 0 Å². The van der Waals surface area contributed by atoms with Crippen LogP contribution in [0.25, 0.3) is 4.96 Å². The Labute approximate surface area is 244 Å². The third-order valence-corrected chi connectivity index (χ3v) is 9.03. The SMILES string of the molecule is CCCCCCCCc1ccc(C(CCC)CCCCC(C(=O)Oc2ccccc2)c2cn3ccnc3s2)cc1. The van der Waals surface area contributed by atoms with Crippen molar-refractivity contribution >= 4 is 22.3 Å². The number of hydrogen-bond acceptors (Lipinski definition) is 4. The van der Waals surface area contributed by atoms with E-state index in [1.165, 1.54) is 68.9 Å². The van der Waals surface area contributed by atoms with Crippen LogP contribution in [0.15, 0.2) is 73.2 Å². The van der Waals surface area contributed by atoms with E-state index < -0.39 is 0 Å². The van der Waals surface area contributed by atoms with Crippen molar-refractivity contribution in [1.82, 2.24) is 9.38 Å². The maximum atomic E-state index is 13.3. The van der Waals surface area contributed by atoms with Gasteiger partial charge in [-0.2, -0.15) is 0 Å². The minimum absolute atomic E-state index is 0.179. The van der Waals surface area contributed by atoms with E-state index >= 15 is 0 Å². The zero-order valence-electron chi connectivity index (χ0n) is 24.4. The van der Waals surface area contributed by atoms with Crippen LogP contribution in [0, 0.1) is 0 Å². The fourth-order valence-electron chi connectivity index (χ4n) is 5.59. The summed E-state index contributed by atoms with van der Waals surface area (Å²) in [6.45, 7) is 4.56. The quantitative estimate of drug-likeness (QED) is 0.0693. The van der Waals surface area contributed by atoms with Gasteiger partial charge in [-0.3, -0.25) is 9.20 Å². The van der Waals surface area contributed by atoms with E-state index in [0.29, 0.717) is 11.7 Å². The number of nitrogens with zero attached hydrogens (tertiary/aromatic N) is 2. The molecule has 0 N–H and O–H groups in total. The highest BCUT2D eigenvalue weighted by atomic mass is 32.1. The summed E-state index contributed by atoms with van der Waals surface area (Å²) in [7, 11) is 0. The number of benzene rings is 2. The molecule has 0 bridgehead atoms. The van der Waals surface area contributed by atoms with Gasteiger partial charge in [-0.15, -0.1) is 11.3 Å². The molecule has 2 aromatic carbocycles. The van der Waals surface area contributed by atoms with Crippen molar-refractivity contribution in [2.45, 2.75) is 109 Å². The lowest BCUT2D eigenvalue weighted by Crippen LogP contribution is -2.18. The first-order valence-electron chi connectivity index (χ1n) is 15.5. The Hall–Kier alpha value is -2.92. The molecule has 0 saturated heterocycles. The Morgan fingerprint density at radius 2 is 1.60 bits per heavy atom. The standard InChI is InChI=1S/C35H46N2O2S/c1-3-5-6-7-8-10-16-28-21-23-30(24-22-28)29(15-4-2)17-13-14-20-32(33-27-37-26-25-36-35(37)40-33)34(38)39-31-18-11-9-12-19-31/h9,11-12,18-19,21-27,29,32H,3-8,10,13-17,20H2,1-2H3. The van der Waals surface area contributed by atoms with E-state index in [4.69, 9.17) is 4.74 Å². The lowest BCUT2D eigenvalue weighted by molar-refractivity contribution is -0.136. The van der Waals surface area contributed by atoms with E-state index in [9.17, 15) is 4.79 Å². The van der Waals surface area contributed by atoms with Gasteiger partial charge in [-0.25, -0.2) is 4.98 Å². The van der Waals surface area contributed by atoms with E-state index in [0.717, 1.165) is 35.5 Å². The number of carbonyl (C=O) groups excluding carboxylic acids is 1. The molecule has 214 valence electrons. The molecule has 2 heterocycles. The number of ether oxygens (including phenoxy) is 1. The van der Waals surface area contributed by atoms with Gasteiger partial charge in [0, 0.05) is 23.5 Å². The van der Waals surface area contributed by atoms with E-state index in [1.54, 1.807) is 17.5 Å². The average Bonchev–Trinajstić information content (AvgIpc) is 3.58. The molecule has 2 atom stereocenters. The van der Waals surface area contributed by atoms with Crippen LogP contribution < -0.4 is 4.74 Å². The summed E-state index contributed by atoms with van der Waals surface area (Å²) in [4.78, 5) is 19.6. The third kappa shape index (κ3) is 9.05. The van der Waals surface area contributed by atoms with Crippen LogP contribution >= 0.6 is 11.3 Å². The van der Waals surface area contributed by atoms with Gasteiger partial charge in [0.25, 0.3) is 0 Å². The second-order valence-electron chi connectivity index (χ2n) is 11.1. The molecule has 0 aliphatic rings. The summed E-state index contributed by atoms with van der Waals surface area (Å²) >= 11 is 1.58. The molecular formula is C35H46N2O2S. The maximum Gasteiger partial charge on any atom is 0.319 e. The first-order chi connectivity index (χ1) is 19.7. The Bertz CT molecular complexity index is 1230. The predicted molar refractivity (Wildman–Crippen MR) is 168 cm³/mol. The lowest BCUT2D eigenvalue weighted by atomic mass is 9.88. The average molecular weight is 559 g/mol. The second-order valence-corrected chi connectivity index (χ2v) is 12.1. The van der Waals surface area contributed by atoms with Gasteiger partial charge < -0.3 is 4.74 Å². The highest BCUT2D eigenvalue weighted by Crippen LogP contribution is 2.33. The van der Waals surface area contributed by atoms with Crippen molar-refractivity contribution < 1.29 is 9.53 Å². The van der Waals surface area contributed by atoms with Gasteiger partial charge in [0.1, 0.15) is 5.75 Å². The molecule has 4 rings (SSSR count). The van der Waals surface area contributed by atoms with E-state index in [2.05, 4.69) is 43.1 Å². The molecule has 0 fully saturated rings. The minimum atomic E-state index is -0.280. The topological polar surface area (TPSA) is 43.6 Å². The van der Waals surface area contributed by atoms with Crippen LogP contribution in [0.3, 0.4) is 0 Å². The smallest absolute Gasteiger partial charge is 0.319 e. The highest BCUT2D eigenvalue weighted by Gasteiger charge is 2.25. The van der Waals surface area contributed by atoms with Crippen LogP contribution in [0.5, 0.6) is 5.75 Å². The second kappa shape index (κ2) is 16.4. The van der Waals surface area contributed by atoms with Crippen LogP contribution in [0.1, 0.15) is 119 Å². The number of fused-ring (bicyclic) bond motifs is 1. The molecule has 2 unspecified atom stereocenters. The number of para-hydroxylation sites is 1. The Morgan fingerprint density at radius 1 is 0.850 bits per heavy atom. The van der Waals surface area contributed by atoms with E-state index in [-0.39, 0.29) is 11.9 Å². The van der Waals surface area contributed by atoms with Gasteiger partial charge in [-0.05, 0) is 61.3 Å². The summed E-state index contributed by atoms with van der Waals surface area (Å²) in [5.41, 5.74) is 2.93. The number of aryl methyl sites for hydroxylation is 1. The number of imidazole rings is 1. The molecule has 0 aliphatic carbocycles. The normalized spacial score (nSPS) is 12.9. The van der Waals surface area contributed by atoms with Crippen LogP contribution in [0.2, 0.25) is 0 Å². The molecule has 0 radical (unpaired) electrons. The van der Waals surface area contributed by atoms with Crippen LogP contribution in [-0.2, 0) is 11.2 Å². The van der Waals surface area contributed by atoms with Gasteiger partial charge in [0.15, 0.2) is 4.96 Å². The molecule has 4 aromatic rings. The molecule has 5 heteroatoms. The number of esters is 1. The minimum Gasteiger partial charge on any atom is -0.426 e. The number of unbranched alkanes of at least 4 members (excludes halogenated alkanes) is 6. The molecular weight excluding hydrogens is 512 g/mol. The maximum absolute atomic E-state index is 13.3. The molecule has 40 heavy (non-hydrogen) atoms. The number of rotatable bonds is 18. The van der Waals surface area contributed by atoms with Crippen molar-refractivity contribution in [2.24, 2.45) is 0 Å². The molecule has 0 aliphatic heterocycles. The van der Waals surface area contributed by atoms with Crippen molar-refractivity contribution in [2.75, 3.05) is 0 Å². The van der Waals surface area contributed by atoms with Crippen molar-refractivity contribution in [1.29, 1.82) is 0 Å². The van der Waals surface area contributed by atoms with Gasteiger partial charge in [0.2, 0.25) is 0 Å². The summed E-state index contributed by atoms with van der Waals surface area (Å²) < 4.78 is 7.79. The largest absolute Gasteiger partial charge is 0.426 e. The zero-order valence-corrected chi connectivity index (χ0v) is 25.2. The number of hydrogen-bond donors (Lipinski definition) is 0. The molecule has 2 aromatic heterocycles. The van der Waals surface area contributed by atoms with Crippen molar-refractivity contribution in [3.05, 3.63) is 89.2 Å². The zero-order chi connectivity index (χ0) is 28.0. The molecule has 0 amide bonds. The van der Waals surface area contributed by atoms with Gasteiger partial charge in [-0.1, -0.05) is 108 Å². The number of aromatic nitrogens is 2. The molecule has 4 nitrogen and oxygen atoms in total. The monoisotopic (exact) mass is 558 g/mol. The Kier molecular flexibility index (Phi) is 12.3. The summed E-state index contributed by atoms with van der Waals surface area (Å²) in [6, 6.07) is 18.8. The van der Waals surface area contributed by atoms with Gasteiger partial charge >= 0.3 is 5.97 Å². The Balaban J connectivity index is 1.31. The molecule has 0 spiro atoms. The Morgan fingerprint density at radius 3 is 2.35 bits per heavy atom. The lowest BCUT2D eigenvalue weighted by Gasteiger charge is -2.18. The summed E-state index contributed by atoms with van der Waals surface area (Å²) in [6.07, 6.45) is 21.4. The van der Waals surface area contributed by atoms with E-state index in [1.807, 2.05) is 47.1 Å². The fraction of sp³-hybridized carbons (Fsp3) is 0.486. The number of carbonyl (C=O) groups is 1.